The highest BCUT2D eigenvalue weighted by atomic mass is 16.4. The summed E-state index contributed by atoms with van der Waals surface area (Å²) < 4.78 is 3.53. The topological polar surface area (TPSA) is 67.5 Å². The normalized spacial score (nSPS) is 24.6. The van der Waals surface area contributed by atoms with Gasteiger partial charge in [0.2, 0.25) is 0 Å². The quantitative estimate of drug-likeness (QED) is 0.800. The molecule has 1 aromatic carbocycles. The number of carboxylic acids is 1. The first-order chi connectivity index (χ1) is 14.6. The van der Waals surface area contributed by atoms with Crippen LogP contribution in [0.25, 0.3) is 11.0 Å². The second kappa shape index (κ2) is 9.38. The number of carbonyl (C=O) groups is 1. The predicted octanol–water partition coefficient (Wildman–Crippen LogP) is 4.13. The molecule has 2 aliphatic rings. The summed E-state index contributed by atoms with van der Waals surface area (Å²) >= 11 is 0. The van der Waals surface area contributed by atoms with Crippen LogP contribution in [0.4, 0.5) is 0 Å². The van der Waals surface area contributed by atoms with Crippen LogP contribution < -0.4 is 5.69 Å². The lowest BCUT2D eigenvalue weighted by Gasteiger charge is -2.38. The maximum absolute atomic E-state index is 13.2. The summed E-state index contributed by atoms with van der Waals surface area (Å²) in [6.45, 7) is 4.95. The van der Waals surface area contributed by atoms with E-state index in [1.807, 2.05) is 31.2 Å². The number of likely N-dealkylation sites (tertiary alicyclic amines) is 1. The highest BCUT2D eigenvalue weighted by molar-refractivity contribution is 5.77. The van der Waals surface area contributed by atoms with E-state index in [9.17, 15) is 14.7 Å². The number of benzene rings is 1. The minimum absolute atomic E-state index is 0.0802. The van der Waals surface area contributed by atoms with Gasteiger partial charge in [-0.3, -0.25) is 13.9 Å². The molecule has 6 heteroatoms. The van der Waals surface area contributed by atoms with E-state index >= 15 is 0 Å². The predicted molar refractivity (Wildman–Crippen MR) is 119 cm³/mol. The van der Waals surface area contributed by atoms with Gasteiger partial charge in [-0.15, -0.1) is 0 Å². The number of rotatable bonds is 5. The molecule has 1 saturated carbocycles. The minimum Gasteiger partial charge on any atom is -0.481 e. The minimum atomic E-state index is -0.789. The van der Waals surface area contributed by atoms with Crippen molar-refractivity contribution in [3.63, 3.8) is 0 Å². The van der Waals surface area contributed by atoms with E-state index in [0.29, 0.717) is 25.4 Å². The standard InChI is InChI=1S/C24H35N3O3/c1-2-26-21-12-8-9-13-22(21)27(24(26)30)20-14-15-25(17-19(20)23(28)29)16-18-10-6-4-3-5-7-11-18/h8-9,12-13,18-20H,2-7,10-11,14-17H2,1H3,(H,28,29). The summed E-state index contributed by atoms with van der Waals surface area (Å²) in [5.41, 5.74) is 1.67. The molecule has 30 heavy (non-hydrogen) atoms. The fraction of sp³-hybridized carbons (Fsp3) is 0.667. The molecule has 1 aliphatic carbocycles. The van der Waals surface area contributed by atoms with Crippen molar-refractivity contribution >= 4 is 17.0 Å². The van der Waals surface area contributed by atoms with Gasteiger partial charge in [0, 0.05) is 26.2 Å². The molecule has 1 saturated heterocycles. The van der Waals surface area contributed by atoms with E-state index in [0.717, 1.165) is 24.1 Å². The van der Waals surface area contributed by atoms with Crippen LogP contribution in [0.1, 0.15) is 64.3 Å². The number of aromatic nitrogens is 2. The van der Waals surface area contributed by atoms with Gasteiger partial charge in [0.15, 0.2) is 0 Å². The molecule has 2 atom stereocenters. The van der Waals surface area contributed by atoms with Gasteiger partial charge >= 0.3 is 11.7 Å². The molecule has 0 amide bonds. The fourth-order valence-electron chi connectivity index (χ4n) is 5.67. The summed E-state index contributed by atoms with van der Waals surface area (Å²) in [5, 5.41) is 10.1. The van der Waals surface area contributed by atoms with Gasteiger partial charge in [-0.05, 0) is 44.2 Å². The number of piperidine rings is 1. The number of hydrogen-bond donors (Lipinski definition) is 1. The molecule has 0 spiro atoms. The fourth-order valence-corrected chi connectivity index (χ4v) is 5.67. The van der Waals surface area contributed by atoms with Gasteiger partial charge in [-0.2, -0.15) is 0 Å². The molecule has 4 rings (SSSR count). The number of para-hydroxylation sites is 2. The second-order valence-electron chi connectivity index (χ2n) is 9.16. The van der Waals surface area contributed by atoms with Crippen LogP contribution in [0, 0.1) is 11.8 Å². The zero-order valence-electron chi connectivity index (χ0n) is 18.1. The van der Waals surface area contributed by atoms with Crippen LogP contribution in [0.15, 0.2) is 29.1 Å². The molecule has 164 valence electrons. The number of imidazole rings is 1. The van der Waals surface area contributed by atoms with Gasteiger partial charge in [-0.1, -0.05) is 44.2 Å². The van der Waals surface area contributed by atoms with Crippen LogP contribution in [-0.4, -0.2) is 44.7 Å². The lowest BCUT2D eigenvalue weighted by atomic mass is 9.88. The first kappa shape index (κ1) is 21.2. The molecular formula is C24H35N3O3. The van der Waals surface area contributed by atoms with Crippen molar-refractivity contribution in [1.29, 1.82) is 0 Å². The van der Waals surface area contributed by atoms with E-state index in [4.69, 9.17) is 0 Å². The first-order valence-corrected chi connectivity index (χ1v) is 11.7. The highest BCUT2D eigenvalue weighted by Crippen LogP contribution is 2.32. The molecule has 2 fully saturated rings. The Balaban J connectivity index is 1.56. The van der Waals surface area contributed by atoms with E-state index in [1.165, 1.54) is 44.9 Å². The third-order valence-corrected chi connectivity index (χ3v) is 7.24. The maximum Gasteiger partial charge on any atom is 0.329 e. The van der Waals surface area contributed by atoms with Crippen molar-refractivity contribution in [3.8, 4) is 0 Å². The molecule has 2 heterocycles. The number of hydrogen-bond acceptors (Lipinski definition) is 3. The average Bonchev–Trinajstić information content (AvgIpc) is 3.01. The van der Waals surface area contributed by atoms with Gasteiger partial charge in [-0.25, -0.2) is 4.79 Å². The van der Waals surface area contributed by atoms with Crippen molar-refractivity contribution in [2.24, 2.45) is 11.8 Å². The van der Waals surface area contributed by atoms with Crippen molar-refractivity contribution in [2.75, 3.05) is 19.6 Å². The van der Waals surface area contributed by atoms with E-state index < -0.39 is 11.9 Å². The Labute approximate surface area is 178 Å². The Morgan fingerprint density at radius 3 is 2.37 bits per heavy atom. The van der Waals surface area contributed by atoms with Gasteiger partial charge in [0.05, 0.1) is 23.0 Å². The van der Waals surface area contributed by atoms with Crippen molar-refractivity contribution in [1.82, 2.24) is 14.0 Å². The number of fused-ring (bicyclic) bond motifs is 1. The van der Waals surface area contributed by atoms with Gasteiger partial charge in [0.1, 0.15) is 0 Å². The Kier molecular flexibility index (Phi) is 6.61. The average molecular weight is 414 g/mol. The molecule has 0 radical (unpaired) electrons. The van der Waals surface area contributed by atoms with Crippen LogP contribution in [0.3, 0.4) is 0 Å². The monoisotopic (exact) mass is 413 g/mol. The Bertz CT molecular complexity index is 923. The smallest absolute Gasteiger partial charge is 0.329 e. The maximum atomic E-state index is 13.2. The third kappa shape index (κ3) is 4.20. The number of carboxylic acid groups (broad SMARTS) is 1. The molecule has 2 aromatic rings. The Morgan fingerprint density at radius 1 is 1.03 bits per heavy atom. The van der Waals surface area contributed by atoms with Gasteiger partial charge in [0.25, 0.3) is 0 Å². The van der Waals surface area contributed by atoms with Crippen molar-refractivity contribution < 1.29 is 9.90 Å². The second-order valence-corrected chi connectivity index (χ2v) is 9.16. The van der Waals surface area contributed by atoms with Crippen molar-refractivity contribution in [3.05, 3.63) is 34.7 Å². The largest absolute Gasteiger partial charge is 0.481 e. The number of aliphatic carboxylic acids is 1. The number of aryl methyl sites for hydroxylation is 1. The lowest BCUT2D eigenvalue weighted by Crippen LogP contribution is -2.48. The summed E-state index contributed by atoms with van der Waals surface area (Å²) in [5.74, 6) is -0.662. The van der Waals surface area contributed by atoms with Crippen LogP contribution in [0.2, 0.25) is 0 Å². The molecule has 0 bridgehead atoms. The zero-order valence-corrected chi connectivity index (χ0v) is 18.1. The van der Waals surface area contributed by atoms with Crippen LogP contribution in [0.5, 0.6) is 0 Å². The number of nitrogens with zero attached hydrogens (tertiary/aromatic N) is 3. The van der Waals surface area contributed by atoms with Gasteiger partial charge < -0.3 is 10.0 Å². The molecule has 2 unspecified atom stereocenters. The summed E-state index contributed by atoms with van der Waals surface area (Å²) in [6, 6.07) is 7.47. The lowest BCUT2D eigenvalue weighted by molar-refractivity contribution is -0.145. The molecule has 1 aromatic heterocycles. The zero-order chi connectivity index (χ0) is 21.1. The first-order valence-electron chi connectivity index (χ1n) is 11.7. The summed E-state index contributed by atoms with van der Waals surface area (Å²) in [6.07, 6.45) is 9.87. The van der Waals surface area contributed by atoms with E-state index in [2.05, 4.69) is 4.90 Å². The molecule has 6 nitrogen and oxygen atoms in total. The van der Waals surface area contributed by atoms with Crippen LogP contribution >= 0.6 is 0 Å². The van der Waals surface area contributed by atoms with Crippen LogP contribution in [-0.2, 0) is 11.3 Å². The molecular weight excluding hydrogens is 378 g/mol. The van der Waals surface area contributed by atoms with E-state index in [-0.39, 0.29) is 11.7 Å². The van der Waals surface area contributed by atoms with Crippen molar-refractivity contribution in [2.45, 2.75) is 70.9 Å². The van der Waals surface area contributed by atoms with E-state index in [1.54, 1.807) is 9.13 Å². The summed E-state index contributed by atoms with van der Waals surface area (Å²) in [4.78, 5) is 27.8. The summed E-state index contributed by atoms with van der Waals surface area (Å²) in [7, 11) is 0. The molecule has 1 N–H and O–H groups in total. The Morgan fingerprint density at radius 2 is 1.70 bits per heavy atom. The molecule has 1 aliphatic heterocycles. The SMILES string of the molecule is CCn1c(=O)n(C2CCN(CC3CCCCCCC3)CC2C(=O)O)c2ccccc21. The third-order valence-electron chi connectivity index (χ3n) is 7.24. The Hall–Kier alpha value is -2.08. The highest BCUT2D eigenvalue weighted by Gasteiger charge is 2.38.